The highest BCUT2D eigenvalue weighted by molar-refractivity contribution is 5.76. The third kappa shape index (κ3) is 4.29. The molecule has 0 aromatic carbocycles. The van der Waals surface area contributed by atoms with Crippen molar-refractivity contribution in [3.05, 3.63) is 0 Å². The number of hydrogen-bond donors (Lipinski definition) is 2. The van der Waals surface area contributed by atoms with Gasteiger partial charge in [0.2, 0.25) is 5.91 Å². The minimum absolute atomic E-state index is 0.0326. The molecule has 1 amide bonds. The number of carboxylic acids is 1. The van der Waals surface area contributed by atoms with Gasteiger partial charge in [0.1, 0.15) is 6.04 Å². The lowest BCUT2D eigenvalue weighted by Crippen LogP contribution is -2.51. The lowest BCUT2D eigenvalue weighted by molar-refractivity contribution is -0.146. The van der Waals surface area contributed by atoms with Crippen LogP contribution in [0.4, 0.5) is 0 Å². The fraction of sp³-hybridized carbons (Fsp3) is 0.846. The van der Waals surface area contributed by atoms with E-state index in [-0.39, 0.29) is 5.91 Å². The van der Waals surface area contributed by atoms with Crippen LogP contribution in [0.3, 0.4) is 0 Å². The molecule has 1 aliphatic heterocycles. The summed E-state index contributed by atoms with van der Waals surface area (Å²) in [5, 5.41) is 12.0. The lowest BCUT2D eigenvalue weighted by Gasteiger charge is -2.37. The predicted octanol–water partition coefficient (Wildman–Crippen LogP) is 1.44. The van der Waals surface area contributed by atoms with E-state index in [1.165, 1.54) is 0 Å². The first-order valence-electron chi connectivity index (χ1n) is 6.82. The van der Waals surface area contributed by atoms with Gasteiger partial charge in [0.15, 0.2) is 0 Å². The normalized spacial score (nSPS) is 24.8. The Morgan fingerprint density at radius 3 is 2.67 bits per heavy atom. The fourth-order valence-corrected chi connectivity index (χ4v) is 2.52. The summed E-state index contributed by atoms with van der Waals surface area (Å²) in [6.45, 7) is 5.02. The van der Waals surface area contributed by atoms with Gasteiger partial charge in [-0.05, 0) is 18.8 Å². The molecular weight excluding hydrogens is 232 g/mol. The largest absolute Gasteiger partial charge is 0.480 e. The summed E-state index contributed by atoms with van der Waals surface area (Å²) >= 11 is 0. The van der Waals surface area contributed by atoms with E-state index in [1.54, 1.807) is 6.92 Å². The average Bonchev–Trinajstić information content (AvgIpc) is 2.36. The van der Waals surface area contributed by atoms with E-state index in [2.05, 4.69) is 12.2 Å². The Hall–Kier alpha value is -1.10. The molecule has 1 saturated heterocycles. The van der Waals surface area contributed by atoms with Gasteiger partial charge in [-0.2, -0.15) is 0 Å². The van der Waals surface area contributed by atoms with Gasteiger partial charge in [0.25, 0.3) is 0 Å². The molecule has 1 rings (SSSR count). The quantitative estimate of drug-likeness (QED) is 0.754. The van der Waals surface area contributed by atoms with Crippen LogP contribution in [0.25, 0.3) is 0 Å². The number of carbonyl (C=O) groups excluding carboxylic acids is 1. The number of carbonyl (C=O) groups is 2. The van der Waals surface area contributed by atoms with Gasteiger partial charge < -0.3 is 10.4 Å². The number of nitrogens with zero attached hydrogens (tertiary/aromatic N) is 1. The Bertz CT molecular complexity index is 294. The van der Waals surface area contributed by atoms with Crippen LogP contribution in [-0.2, 0) is 9.59 Å². The molecule has 104 valence electrons. The highest BCUT2D eigenvalue weighted by Gasteiger charge is 2.32. The van der Waals surface area contributed by atoms with E-state index in [9.17, 15) is 14.7 Å². The van der Waals surface area contributed by atoms with Gasteiger partial charge in [-0.25, -0.2) is 0 Å². The van der Waals surface area contributed by atoms with E-state index in [4.69, 9.17) is 0 Å². The second kappa shape index (κ2) is 7.36. The maximum Gasteiger partial charge on any atom is 0.320 e. The van der Waals surface area contributed by atoms with Gasteiger partial charge in [0, 0.05) is 13.0 Å². The molecule has 0 spiro atoms. The average molecular weight is 256 g/mol. The third-order valence-corrected chi connectivity index (χ3v) is 3.60. The zero-order valence-electron chi connectivity index (χ0n) is 11.3. The molecule has 18 heavy (non-hydrogen) atoms. The number of likely N-dealkylation sites (tertiary alicyclic amines) is 1. The first-order chi connectivity index (χ1) is 8.58. The smallest absolute Gasteiger partial charge is 0.320 e. The van der Waals surface area contributed by atoms with Crippen LogP contribution in [-0.4, -0.2) is 41.1 Å². The van der Waals surface area contributed by atoms with Crippen molar-refractivity contribution in [3.63, 3.8) is 0 Å². The molecule has 2 atom stereocenters. The molecule has 5 nitrogen and oxygen atoms in total. The molecule has 0 bridgehead atoms. The number of nitrogens with one attached hydrogen (secondary N) is 1. The molecule has 0 aromatic rings. The second-order valence-corrected chi connectivity index (χ2v) is 4.96. The number of amides is 1. The van der Waals surface area contributed by atoms with E-state index < -0.39 is 12.0 Å². The number of rotatable bonds is 6. The highest BCUT2D eigenvalue weighted by Crippen LogP contribution is 2.26. The summed E-state index contributed by atoms with van der Waals surface area (Å²) in [7, 11) is 0. The van der Waals surface area contributed by atoms with E-state index in [1.807, 2.05) is 4.90 Å². The van der Waals surface area contributed by atoms with Crippen molar-refractivity contribution in [1.82, 2.24) is 10.2 Å². The summed E-state index contributed by atoms with van der Waals surface area (Å²) in [5.74, 6) is -0.300. The number of carboxylic acid groups (broad SMARTS) is 1. The Kier molecular flexibility index (Phi) is 6.12. The topological polar surface area (TPSA) is 69.6 Å². The van der Waals surface area contributed by atoms with Gasteiger partial charge in [-0.1, -0.05) is 26.7 Å². The van der Waals surface area contributed by atoms with Crippen LogP contribution in [0.2, 0.25) is 0 Å². The molecule has 0 radical (unpaired) electrons. The molecule has 1 aliphatic rings. The van der Waals surface area contributed by atoms with Crippen LogP contribution in [0.15, 0.2) is 0 Å². The molecule has 1 fully saturated rings. The van der Waals surface area contributed by atoms with E-state index >= 15 is 0 Å². The van der Waals surface area contributed by atoms with Crippen molar-refractivity contribution < 1.29 is 14.7 Å². The third-order valence-electron chi connectivity index (χ3n) is 3.60. The van der Waals surface area contributed by atoms with Crippen molar-refractivity contribution in [2.75, 3.05) is 13.2 Å². The van der Waals surface area contributed by atoms with Crippen LogP contribution < -0.4 is 5.32 Å². The van der Waals surface area contributed by atoms with Crippen molar-refractivity contribution in [2.24, 2.45) is 5.92 Å². The number of piperidine rings is 1. The molecule has 1 heterocycles. The first-order valence-corrected chi connectivity index (χ1v) is 6.82. The minimum Gasteiger partial charge on any atom is -0.480 e. The summed E-state index contributed by atoms with van der Waals surface area (Å²) in [5.41, 5.74) is 0. The molecule has 0 aliphatic carbocycles. The Morgan fingerprint density at radius 1 is 1.39 bits per heavy atom. The van der Waals surface area contributed by atoms with Crippen molar-refractivity contribution >= 4 is 11.9 Å². The number of aliphatic carboxylic acids is 1. The molecule has 2 N–H and O–H groups in total. The Labute approximate surface area is 109 Å². The Morgan fingerprint density at radius 2 is 2.11 bits per heavy atom. The zero-order valence-corrected chi connectivity index (χ0v) is 11.3. The minimum atomic E-state index is -0.776. The van der Waals surface area contributed by atoms with Crippen LogP contribution in [0.1, 0.15) is 46.0 Å². The molecular formula is C13H24N2O3. The SMILES string of the molecule is CCCC1CCN(CNC(=O)CC)C(C(=O)O)C1. The number of hydrogen-bond acceptors (Lipinski definition) is 3. The standard InChI is InChI=1S/C13H24N2O3/c1-3-5-10-6-7-15(9-14-12(16)4-2)11(8-10)13(17)18/h10-11H,3-9H2,1-2H3,(H,14,16)(H,17,18). The second-order valence-electron chi connectivity index (χ2n) is 4.96. The predicted molar refractivity (Wildman–Crippen MR) is 69.1 cm³/mol. The zero-order chi connectivity index (χ0) is 13.5. The van der Waals surface area contributed by atoms with Gasteiger partial charge in [-0.15, -0.1) is 0 Å². The summed E-state index contributed by atoms with van der Waals surface area (Å²) in [6.07, 6.45) is 4.36. The van der Waals surface area contributed by atoms with Crippen LogP contribution >= 0.6 is 0 Å². The van der Waals surface area contributed by atoms with E-state index in [0.717, 1.165) is 25.8 Å². The van der Waals surface area contributed by atoms with Crippen LogP contribution in [0, 0.1) is 5.92 Å². The monoisotopic (exact) mass is 256 g/mol. The lowest BCUT2D eigenvalue weighted by atomic mass is 9.88. The van der Waals surface area contributed by atoms with Crippen molar-refractivity contribution in [3.8, 4) is 0 Å². The molecule has 2 unspecified atom stereocenters. The maximum atomic E-state index is 11.3. The first kappa shape index (κ1) is 15.0. The Balaban J connectivity index is 2.51. The fourth-order valence-electron chi connectivity index (χ4n) is 2.52. The van der Waals surface area contributed by atoms with E-state index in [0.29, 0.717) is 25.4 Å². The van der Waals surface area contributed by atoms with Crippen molar-refractivity contribution in [1.29, 1.82) is 0 Å². The summed E-state index contributed by atoms with van der Waals surface area (Å²) < 4.78 is 0. The summed E-state index contributed by atoms with van der Waals surface area (Å²) in [6, 6.07) is -0.451. The van der Waals surface area contributed by atoms with Gasteiger partial charge >= 0.3 is 5.97 Å². The molecule has 0 aromatic heterocycles. The molecule has 5 heteroatoms. The maximum absolute atomic E-state index is 11.3. The highest BCUT2D eigenvalue weighted by atomic mass is 16.4. The van der Waals surface area contributed by atoms with Crippen molar-refractivity contribution in [2.45, 2.75) is 52.0 Å². The summed E-state index contributed by atoms with van der Waals surface area (Å²) in [4.78, 5) is 24.4. The van der Waals surface area contributed by atoms with Gasteiger partial charge in [0.05, 0.1) is 6.67 Å². The van der Waals surface area contributed by atoms with Gasteiger partial charge in [-0.3, -0.25) is 14.5 Å². The van der Waals surface area contributed by atoms with Crippen LogP contribution in [0.5, 0.6) is 0 Å². The molecule has 0 saturated carbocycles.